The van der Waals surface area contributed by atoms with Gasteiger partial charge in [-0.3, -0.25) is 0 Å². The SMILES string of the molecule is CC1(CNS(=O)(=O)c2cc(N)cc(F)c2)CCCO1. The third kappa shape index (κ3) is 3.43. The molecule has 19 heavy (non-hydrogen) atoms. The molecule has 0 radical (unpaired) electrons. The van der Waals surface area contributed by atoms with Crippen LogP contribution in [0.3, 0.4) is 0 Å². The van der Waals surface area contributed by atoms with Crippen molar-refractivity contribution in [3.63, 3.8) is 0 Å². The van der Waals surface area contributed by atoms with Crippen LogP contribution < -0.4 is 10.5 Å². The van der Waals surface area contributed by atoms with Gasteiger partial charge in [0, 0.05) is 18.8 Å². The van der Waals surface area contributed by atoms with Crippen molar-refractivity contribution in [3.05, 3.63) is 24.0 Å². The maximum Gasteiger partial charge on any atom is 0.240 e. The van der Waals surface area contributed by atoms with Crippen molar-refractivity contribution in [3.8, 4) is 0 Å². The first-order valence-electron chi connectivity index (χ1n) is 6.00. The Hall–Kier alpha value is -1.18. The molecule has 1 aromatic rings. The van der Waals surface area contributed by atoms with Gasteiger partial charge in [-0.2, -0.15) is 0 Å². The maximum atomic E-state index is 13.2. The van der Waals surface area contributed by atoms with E-state index in [9.17, 15) is 12.8 Å². The average molecular weight is 288 g/mol. The molecule has 0 aromatic heterocycles. The molecule has 0 saturated carbocycles. The molecule has 2 rings (SSSR count). The van der Waals surface area contributed by atoms with E-state index < -0.39 is 21.4 Å². The molecule has 0 spiro atoms. The summed E-state index contributed by atoms with van der Waals surface area (Å²) < 4.78 is 45.2. The Bertz CT molecular complexity index is 548. The van der Waals surface area contributed by atoms with Gasteiger partial charge in [0.05, 0.1) is 10.5 Å². The minimum Gasteiger partial charge on any atom is -0.399 e. The number of nitrogens with two attached hydrogens (primary N) is 1. The lowest BCUT2D eigenvalue weighted by molar-refractivity contribution is 0.0250. The maximum absolute atomic E-state index is 13.2. The first-order chi connectivity index (χ1) is 8.81. The van der Waals surface area contributed by atoms with Gasteiger partial charge in [-0.05, 0) is 38.0 Å². The smallest absolute Gasteiger partial charge is 0.240 e. The Kier molecular flexibility index (Phi) is 3.80. The summed E-state index contributed by atoms with van der Waals surface area (Å²) in [5, 5.41) is 0. The number of nitrogen functional groups attached to an aromatic ring is 1. The minimum absolute atomic E-state index is 0.0729. The molecule has 3 N–H and O–H groups in total. The molecule has 0 aliphatic carbocycles. The molecule has 106 valence electrons. The largest absolute Gasteiger partial charge is 0.399 e. The normalized spacial score (nSPS) is 23.7. The Morgan fingerprint density at radius 3 is 2.79 bits per heavy atom. The number of anilines is 1. The number of sulfonamides is 1. The summed E-state index contributed by atoms with van der Waals surface area (Å²) in [6, 6.07) is 3.24. The van der Waals surface area contributed by atoms with Crippen molar-refractivity contribution in [1.82, 2.24) is 4.72 Å². The number of benzene rings is 1. The van der Waals surface area contributed by atoms with E-state index in [0.29, 0.717) is 6.61 Å². The van der Waals surface area contributed by atoms with Crippen molar-refractivity contribution in [2.45, 2.75) is 30.3 Å². The van der Waals surface area contributed by atoms with E-state index in [2.05, 4.69) is 4.72 Å². The average Bonchev–Trinajstić information content (AvgIpc) is 2.73. The topological polar surface area (TPSA) is 81.4 Å². The molecule has 1 aliphatic heterocycles. The second kappa shape index (κ2) is 5.07. The first-order valence-corrected chi connectivity index (χ1v) is 7.49. The fraction of sp³-hybridized carbons (Fsp3) is 0.500. The van der Waals surface area contributed by atoms with Gasteiger partial charge < -0.3 is 10.5 Å². The van der Waals surface area contributed by atoms with Crippen molar-refractivity contribution in [1.29, 1.82) is 0 Å². The van der Waals surface area contributed by atoms with Crippen LogP contribution in [-0.2, 0) is 14.8 Å². The lowest BCUT2D eigenvalue weighted by Gasteiger charge is -2.23. The van der Waals surface area contributed by atoms with Crippen LogP contribution in [0.5, 0.6) is 0 Å². The molecule has 7 heteroatoms. The summed E-state index contributed by atoms with van der Waals surface area (Å²) >= 11 is 0. The third-order valence-electron chi connectivity index (χ3n) is 3.14. The van der Waals surface area contributed by atoms with Crippen LogP contribution in [0.2, 0.25) is 0 Å². The van der Waals surface area contributed by atoms with Crippen LogP contribution in [0.25, 0.3) is 0 Å². The minimum atomic E-state index is -3.78. The predicted molar refractivity (Wildman–Crippen MR) is 69.6 cm³/mol. The Morgan fingerprint density at radius 1 is 1.47 bits per heavy atom. The van der Waals surface area contributed by atoms with E-state index in [1.54, 1.807) is 0 Å². The van der Waals surface area contributed by atoms with Crippen molar-refractivity contribution in [2.75, 3.05) is 18.9 Å². The highest BCUT2D eigenvalue weighted by Gasteiger charge is 2.31. The fourth-order valence-electron chi connectivity index (χ4n) is 2.05. The number of hydrogen-bond acceptors (Lipinski definition) is 4. The molecule has 1 heterocycles. The van der Waals surface area contributed by atoms with Crippen LogP contribution in [0, 0.1) is 5.82 Å². The Morgan fingerprint density at radius 2 is 2.21 bits per heavy atom. The van der Waals surface area contributed by atoms with Crippen LogP contribution >= 0.6 is 0 Å². The van der Waals surface area contributed by atoms with E-state index in [1.165, 1.54) is 6.07 Å². The van der Waals surface area contributed by atoms with E-state index in [4.69, 9.17) is 10.5 Å². The standard InChI is InChI=1S/C12H17FN2O3S/c1-12(3-2-4-18-12)8-15-19(16,17)11-6-9(13)5-10(14)7-11/h5-7,15H,2-4,8,14H2,1H3. The van der Waals surface area contributed by atoms with Crippen LogP contribution in [-0.4, -0.2) is 27.2 Å². The van der Waals surface area contributed by atoms with E-state index in [0.717, 1.165) is 25.0 Å². The summed E-state index contributed by atoms with van der Waals surface area (Å²) in [5.74, 6) is -0.677. The molecule has 1 aliphatic rings. The summed E-state index contributed by atoms with van der Waals surface area (Å²) in [5.41, 5.74) is 5.02. The number of halogens is 1. The number of nitrogens with one attached hydrogen (secondary N) is 1. The molecular weight excluding hydrogens is 271 g/mol. The third-order valence-corrected chi connectivity index (χ3v) is 4.52. The predicted octanol–water partition coefficient (Wildman–Crippen LogP) is 1.26. The zero-order valence-corrected chi connectivity index (χ0v) is 11.5. The highest BCUT2D eigenvalue weighted by Crippen LogP contribution is 2.25. The zero-order chi connectivity index (χ0) is 14.1. The Balaban J connectivity index is 2.13. The van der Waals surface area contributed by atoms with Crippen LogP contribution in [0.15, 0.2) is 23.1 Å². The lowest BCUT2D eigenvalue weighted by Crippen LogP contribution is -2.40. The summed E-state index contributed by atoms with van der Waals surface area (Å²) in [6.07, 6.45) is 1.70. The molecule has 1 atom stereocenters. The van der Waals surface area contributed by atoms with Gasteiger partial charge in [0.1, 0.15) is 5.82 Å². The molecule has 1 fully saturated rings. The number of rotatable bonds is 4. The van der Waals surface area contributed by atoms with Gasteiger partial charge in [-0.1, -0.05) is 0 Å². The molecule has 1 aromatic carbocycles. The number of hydrogen-bond donors (Lipinski definition) is 2. The monoisotopic (exact) mass is 288 g/mol. The van der Waals surface area contributed by atoms with Gasteiger partial charge >= 0.3 is 0 Å². The number of ether oxygens (including phenoxy) is 1. The van der Waals surface area contributed by atoms with Gasteiger partial charge in [-0.15, -0.1) is 0 Å². The quantitative estimate of drug-likeness (QED) is 0.817. The van der Waals surface area contributed by atoms with Gasteiger partial charge in [0.2, 0.25) is 10.0 Å². The lowest BCUT2D eigenvalue weighted by atomic mass is 10.0. The molecular formula is C12H17FN2O3S. The molecule has 5 nitrogen and oxygen atoms in total. The van der Waals surface area contributed by atoms with Crippen molar-refractivity contribution >= 4 is 15.7 Å². The van der Waals surface area contributed by atoms with Crippen molar-refractivity contribution in [2.24, 2.45) is 0 Å². The summed E-state index contributed by atoms with van der Waals surface area (Å²) in [7, 11) is -3.78. The zero-order valence-electron chi connectivity index (χ0n) is 10.6. The molecule has 1 saturated heterocycles. The van der Waals surface area contributed by atoms with E-state index in [1.807, 2.05) is 6.92 Å². The highest BCUT2D eigenvalue weighted by atomic mass is 32.2. The van der Waals surface area contributed by atoms with Gasteiger partial charge in [0.15, 0.2) is 0 Å². The van der Waals surface area contributed by atoms with E-state index in [-0.39, 0.29) is 17.1 Å². The molecule has 0 bridgehead atoms. The van der Waals surface area contributed by atoms with Crippen molar-refractivity contribution < 1.29 is 17.5 Å². The highest BCUT2D eigenvalue weighted by molar-refractivity contribution is 7.89. The molecule has 0 amide bonds. The second-order valence-electron chi connectivity index (χ2n) is 4.95. The summed E-state index contributed by atoms with van der Waals surface area (Å²) in [4.78, 5) is -0.174. The van der Waals surface area contributed by atoms with E-state index >= 15 is 0 Å². The first kappa shape index (κ1) is 14.2. The second-order valence-corrected chi connectivity index (χ2v) is 6.71. The Labute approximate surface area is 112 Å². The van der Waals surface area contributed by atoms with Gasteiger partial charge in [0.25, 0.3) is 0 Å². The fourth-order valence-corrected chi connectivity index (χ4v) is 3.27. The summed E-state index contributed by atoms with van der Waals surface area (Å²) in [6.45, 7) is 2.64. The van der Waals surface area contributed by atoms with Crippen LogP contribution in [0.4, 0.5) is 10.1 Å². The van der Waals surface area contributed by atoms with Crippen LogP contribution in [0.1, 0.15) is 19.8 Å². The molecule has 1 unspecified atom stereocenters. The van der Waals surface area contributed by atoms with Gasteiger partial charge in [-0.25, -0.2) is 17.5 Å².